The van der Waals surface area contributed by atoms with E-state index in [2.05, 4.69) is 30.9 Å². The van der Waals surface area contributed by atoms with Gasteiger partial charge in [-0.25, -0.2) is 4.98 Å². The van der Waals surface area contributed by atoms with Gasteiger partial charge in [0.25, 0.3) is 5.91 Å². The zero-order chi connectivity index (χ0) is 26.1. The number of carbonyl (C=O) groups excluding carboxylic acids is 1. The van der Waals surface area contributed by atoms with Gasteiger partial charge in [0.1, 0.15) is 11.9 Å². The lowest BCUT2D eigenvalue weighted by molar-refractivity contribution is -0.132. The molecule has 4 rings (SSSR count). The molecular formula is C24H29F3N6O3. The van der Waals surface area contributed by atoms with Crippen molar-refractivity contribution in [2.45, 2.75) is 50.7 Å². The summed E-state index contributed by atoms with van der Waals surface area (Å²) in [5.41, 5.74) is 2.00. The molecule has 0 radical (unpaired) electrons. The highest BCUT2D eigenvalue weighted by Gasteiger charge is 2.40. The number of anilines is 1. The summed E-state index contributed by atoms with van der Waals surface area (Å²) in [4.78, 5) is 24.2. The summed E-state index contributed by atoms with van der Waals surface area (Å²) in [5.74, 6) is -0.540. The molecule has 0 aliphatic heterocycles. The lowest BCUT2D eigenvalue weighted by atomic mass is 10.0. The number of halogens is 3. The maximum absolute atomic E-state index is 12.6. The Balaban J connectivity index is 1.53. The molecule has 1 aliphatic carbocycles. The zero-order valence-corrected chi connectivity index (χ0v) is 19.9. The van der Waals surface area contributed by atoms with Crippen LogP contribution < -0.4 is 16.0 Å². The number of amides is 1. The van der Waals surface area contributed by atoms with Gasteiger partial charge in [-0.1, -0.05) is 13.8 Å². The van der Waals surface area contributed by atoms with Crippen LogP contribution in [0.2, 0.25) is 0 Å². The number of hydrogen-bond donors (Lipinski definition) is 6. The normalized spacial score (nSPS) is 16.7. The first-order valence-corrected chi connectivity index (χ1v) is 11.6. The number of nitrogens with zero attached hydrogens (tertiary/aromatic N) is 2. The molecule has 0 bridgehead atoms. The van der Waals surface area contributed by atoms with Gasteiger partial charge in [0.05, 0.1) is 29.4 Å². The van der Waals surface area contributed by atoms with E-state index in [1.807, 2.05) is 0 Å². The minimum Gasteiger partial charge on any atom is -0.388 e. The van der Waals surface area contributed by atoms with Crippen LogP contribution in [0.5, 0.6) is 0 Å². The van der Waals surface area contributed by atoms with Crippen LogP contribution >= 0.6 is 0 Å². The summed E-state index contributed by atoms with van der Waals surface area (Å²) in [6, 6.07) is 2.74. The van der Waals surface area contributed by atoms with Crippen molar-refractivity contribution in [1.82, 2.24) is 25.6 Å². The summed E-state index contributed by atoms with van der Waals surface area (Å²) in [7, 11) is 0. The minimum absolute atomic E-state index is 0.183. The molecule has 12 heteroatoms. The van der Waals surface area contributed by atoms with Gasteiger partial charge in [0.2, 0.25) is 0 Å². The van der Waals surface area contributed by atoms with Crippen LogP contribution in [0.15, 0.2) is 36.9 Å². The van der Waals surface area contributed by atoms with Crippen LogP contribution in [0.1, 0.15) is 37.0 Å². The highest BCUT2D eigenvalue weighted by Crippen LogP contribution is 2.34. The third kappa shape index (κ3) is 6.31. The largest absolute Gasteiger partial charge is 0.401 e. The van der Waals surface area contributed by atoms with E-state index in [1.54, 1.807) is 38.4 Å². The van der Waals surface area contributed by atoms with Gasteiger partial charge in [-0.15, -0.1) is 0 Å². The molecule has 36 heavy (non-hydrogen) atoms. The van der Waals surface area contributed by atoms with Gasteiger partial charge in [0, 0.05) is 47.8 Å². The number of H-pyrrole nitrogens is 1. The van der Waals surface area contributed by atoms with E-state index in [4.69, 9.17) is 0 Å². The predicted octanol–water partition coefficient (Wildman–Crippen LogP) is 2.79. The molecule has 2 unspecified atom stereocenters. The Hall–Kier alpha value is -3.22. The maximum Gasteiger partial charge on any atom is 0.401 e. The average molecular weight is 507 g/mol. The Morgan fingerprint density at radius 1 is 1.22 bits per heavy atom. The van der Waals surface area contributed by atoms with E-state index >= 15 is 0 Å². The van der Waals surface area contributed by atoms with Crippen molar-refractivity contribution in [3.63, 3.8) is 0 Å². The van der Waals surface area contributed by atoms with Crippen molar-refractivity contribution in [3.05, 3.63) is 42.5 Å². The number of nitrogens with one attached hydrogen (secondary N) is 4. The standard InChI is InChI=1S/C24H29F3N6O3/c1-13(2)19(22(35)32-12-24(25,26)27)33-16-5-14(7-28-9-16)18-10-30-20-17(18)6-15(8-29-20)21(34)31-11-23(36)3-4-23/h5-10,13,19,22,32-33,35-36H,3-4,11-12H2,1-2H3,(H,29,30)(H,31,34). The van der Waals surface area contributed by atoms with Gasteiger partial charge < -0.3 is 25.8 Å². The highest BCUT2D eigenvalue weighted by molar-refractivity contribution is 6.01. The number of carbonyl (C=O) groups is 1. The summed E-state index contributed by atoms with van der Waals surface area (Å²) in [6.07, 6.45) is 1.76. The lowest BCUT2D eigenvalue weighted by Crippen LogP contribution is -2.49. The Labute approximate surface area is 205 Å². The van der Waals surface area contributed by atoms with Gasteiger partial charge in [-0.3, -0.25) is 15.1 Å². The molecule has 3 aromatic rings. The summed E-state index contributed by atoms with van der Waals surface area (Å²) >= 11 is 0. The zero-order valence-electron chi connectivity index (χ0n) is 19.9. The van der Waals surface area contributed by atoms with Crippen LogP contribution in [0.4, 0.5) is 18.9 Å². The van der Waals surface area contributed by atoms with Crippen molar-refractivity contribution in [3.8, 4) is 11.1 Å². The highest BCUT2D eigenvalue weighted by atomic mass is 19.4. The van der Waals surface area contributed by atoms with Crippen molar-refractivity contribution >= 4 is 22.6 Å². The molecule has 1 aliphatic rings. The predicted molar refractivity (Wildman–Crippen MR) is 128 cm³/mol. The van der Waals surface area contributed by atoms with Gasteiger partial charge in [-0.05, 0) is 30.9 Å². The van der Waals surface area contributed by atoms with E-state index in [0.29, 0.717) is 40.7 Å². The molecule has 9 nitrogen and oxygen atoms in total. The molecule has 6 N–H and O–H groups in total. The van der Waals surface area contributed by atoms with Crippen molar-refractivity contribution in [2.24, 2.45) is 5.92 Å². The topological polar surface area (TPSA) is 135 Å². The van der Waals surface area contributed by atoms with Crippen LogP contribution in [0, 0.1) is 5.92 Å². The van der Waals surface area contributed by atoms with E-state index < -0.39 is 30.6 Å². The minimum atomic E-state index is -4.44. The SMILES string of the molecule is CC(C)C(Nc1cncc(-c2c[nH]c3ncc(C(=O)NCC4(O)CC4)cc23)c1)C(O)NCC(F)(F)F. The molecule has 3 heterocycles. The van der Waals surface area contributed by atoms with E-state index in [1.165, 1.54) is 12.4 Å². The second kappa shape index (κ2) is 10.0. The monoisotopic (exact) mass is 506 g/mol. The van der Waals surface area contributed by atoms with Crippen molar-refractivity contribution in [2.75, 3.05) is 18.4 Å². The fourth-order valence-corrected chi connectivity index (χ4v) is 3.85. The molecule has 1 saturated carbocycles. The Kier molecular flexibility index (Phi) is 7.21. The van der Waals surface area contributed by atoms with Gasteiger partial charge >= 0.3 is 6.18 Å². The summed E-state index contributed by atoms with van der Waals surface area (Å²) in [6.45, 7) is 2.44. The van der Waals surface area contributed by atoms with Crippen LogP contribution in [0.25, 0.3) is 22.2 Å². The third-order valence-corrected chi connectivity index (χ3v) is 6.15. The molecule has 0 aromatic carbocycles. The van der Waals surface area contributed by atoms with E-state index in [9.17, 15) is 28.2 Å². The van der Waals surface area contributed by atoms with Crippen LogP contribution in [-0.2, 0) is 0 Å². The molecule has 0 saturated heterocycles. The second-order valence-corrected chi connectivity index (χ2v) is 9.55. The molecule has 3 aromatic heterocycles. The molecular weight excluding hydrogens is 477 g/mol. The van der Waals surface area contributed by atoms with Crippen LogP contribution in [-0.4, -0.2) is 68.2 Å². The van der Waals surface area contributed by atoms with Gasteiger partial charge in [-0.2, -0.15) is 13.2 Å². The Morgan fingerprint density at radius 3 is 2.64 bits per heavy atom. The number of hydrogen-bond acceptors (Lipinski definition) is 7. The smallest absolute Gasteiger partial charge is 0.388 e. The first-order valence-electron chi connectivity index (χ1n) is 11.6. The first-order chi connectivity index (χ1) is 16.9. The number of aliphatic hydroxyl groups is 2. The lowest BCUT2D eigenvalue weighted by Gasteiger charge is -2.29. The maximum atomic E-state index is 12.6. The number of alkyl halides is 3. The number of pyridine rings is 2. The third-order valence-electron chi connectivity index (χ3n) is 6.15. The number of aliphatic hydroxyl groups excluding tert-OH is 1. The van der Waals surface area contributed by atoms with Gasteiger partial charge in [0.15, 0.2) is 0 Å². The molecule has 1 amide bonds. The Bertz CT molecular complexity index is 1230. The van der Waals surface area contributed by atoms with Crippen molar-refractivity contribution in [1.29, 1.82) is 0 Å². The molecule has 0 spiro atoms. The number of aromatic nitrogens is 3. The first kappa shape index (κ1) is 25.9. The molecule has 2 atom stereocenters. The molecule has 194 valence electrons. The average Bonchev–Trinajstić information content (AvgIpc) is 3.41. The van der Waals surface area contributed by atoms with Crippen LogP contribution in [0.3, 0.4) is 0 Å². The second-order valence-electron chi connectivity index (χ2n) is 9.55. The number of fused-ring (bicyclic) bond motifs is 1. The fourth-order valence-electron chi connectivity index (χ4n) is 3.85. The quantitative estimate of drug-likeness (QED) is 0.233. The van der Waals surface area contributed by atoms with E-state index in [0.717, 1.165) is 5.56 Å². The van der Waals surface area contributed by atoms with Crippen molar-refractivity contribution < 1.29 is 28.2 Å². The Morgan fingerprint density at radius 2 is 1.97 bits per heavy atom. The summed E-state index contributed by atoms with van der Waals surface area (Å²) in [5, 5.41) is 28.9. The van der Waals surface area contributed by atoms with E-state index in [-0.39, 0.29) is 18.4 Å². The number of rotatable bonds is 10. The molecule has 1 fully saturated rings. The number of aromatic amines is 1. The summed E-state index contributed by atoms with van der Waals surface area (Å²) < 4.78 is 37.7. The fraction of sp³-hybridized carbons (Fsp3) is 0.458.